The van der Waals surface area contributed by atoms with E-state index < -0.39 is 0 Å². The maximum absolute atomic E-state index is 6.34. The van der Waals surface area contributed by atoms with Gasteiger partial charge in [0.15, 0.2) is 0 Å². The summed E-state index contributed by atoms with van der Waals surface area (Å²) < 4.78 is 4.68. The summed E-state index contributed by atoms with van der Waals surface area (Å²) >= 11 is 12.7. The molecule has 6 nitrogen and oxygen atoms in total. The Morgan fingerprint density at radius 2 is 1.04 bits per heavy atom. The highest BCUT2D eigenvalue weighted by molar-refractivity contribution is 6.31. The van der Waals surface area contributed by atoms with Gasteiger partial charge in [-0.25, -0.2) is 0 Å². The van der Waals surface area contributed by atoms with Crippen LogP contribution in [-0.2, 0) is 26.2 Å². The molecule has 0 saturated heterocycles. The largest absolute Gasteiger partial charge is 0.335 e. The number of rotatable bonds is 12. The second-order valence-electron chi connectivity index (χ2n) is 13.1. The van der Waals surface area contributed by atoms with Crippen molar-refractivity contribution in [1.29, 1.82) is 0 Å². The number of halogens is 2. The molecule has 4 aromatic heterocycles. The monoisotopic (exact) mass is 696 g/mol. The van der Waals surface area contributed by atoms with Crippen molar-refractivity contribution in [2.24, 2.45) is 5.73 Å². The predicted octanol–water partition coefficient (Wildman–Crippen LogP) is 9.84. The van der Waals surface area contributed by atoms with Crippen LogP contribution in [0.2, 0.25) is 10.0 Å². The van der Waals surface area contributed by atoms with Crippen molar-refractivity contribution in [3.63, 3.8) is 0 Å². The molecule has 50 heavy (non-hydrogen) atoms. The van der Waals surface area contributed by atoms with Gasteiger partial charge in [0.05, 0.1) is 34.8 Å². The number of benzene rings is 4. The summed E-state index contributed by atoms with van der Waals surface area (Å²) in [5, 5.41) is 6.36. The van der Waals surface area contributed by atoms with Crippen LogP contribution in [0.25, 0.3) is 43.6 Å². The van der Waals surface area contributed by atoms with Crippen molar-refractivity contribution in [3.8, 4) is 0 Å². The number of fused-ring (bicyclic) bond motifs is 6. The molecule has 4 heterocycles. The van der Waals surface area contributed by atoms with Crippen molar-refractivity contribution in [2.45, 2.75) is 39.0 Å². The van der Waals surface area contributed by atoms with Crippen LogP contribution < -0.4 is 5.73 Å². The lowest BCUT2D eigenvalue weighted by molar-refractivity contribution is 0.246. The molecule has 0 unspecified atom stereocenters. The Hall–Kier alpha value is -4.72. The minimum Gasteiger partial charge on any atom is -0.335 e. The molecule has 0 amide bonds. The van der Waals surface area contributed by atoms with Gasteiger partial charge in [0.25, 0.3) is 0 Å². The third-order valence-corrected chi connectivity index (χ3v) is 10.1. The fraction of sp³-hybridized carbons (Fsp3) is 0.190. The Morgan fingerprint density at radius 3 is 1.52 bits per heavy atom. The summed E-state index contributed by atoms with van der Waals surface area (Å²) in [4.78, 5) is 12.5. The summed E-state index contributed by atoms with van der Waals surface area (Å²) in [6.07, 6.45) is 6.06. The summed E-state index contributed by atoms with van der Waals surface area (Å²) in [7, 11) is 0. The fourth-order valence-electron chi connectivity index (χ4n) is 7.28. The third-order valence-electron chi connectivity index (χ3n) is 9.59. The number of nitrogens with two attached hydrogens (primary N) is 1. The smallest absolute Gasteiger partial charge is 0.0681 e. The van der Waals surface area contributed by atoms with Crippen molar-refractivity contribution in [3.05, 3.63) is 154 Å². The normalized spacial score (nSPS) is 11.9. The van der Waals surface area contributed by atoms with Gasteiger partial charge in [0.1, 0.15) is 0 Å². The van der Waals surface area contributed by atoms with Crippen LogP contribution in [0.3, 0.4) is 0 Å². The lowest BCUT2D eigenvalue weighted by atomic mass is 10.1. The van der Waals surface area contributed by atoms with Gasteiger partial charge in [-0.05, 0) is 85.6 Å². The Morgan fingerprint density at radius 1 is 0.540 bits per heavy atom. The minimum absolute atomic E-state index is 0.681. The summed E-state index contributed by atoms with van der Waals surface area (Å²) in [5.41, 5.74) is 14.9. The van der Waals surface area contributed by atoms with Crippen LogP contribution in [0.1, 0.15) is 35.4 Å². The standard InChI is InChI=1S/C42H38Cl2N6/c43-31-11-7-9-29(19-31)25-49-39-15-3-1-13-35(39)37-21-33(46-23-41(37)49)27-48(18-6-5-17-45)28-34-22-38-36-14-2-4-16-40(36)50(42(38)24-47-34)26-30-10-8-12-32(44)20-30/h1-4,7-16,19-24H,5-6,17-18,25-28,45H2. The van der Waals surface area contributed by atoms with Crippen LogP contribution in [0, 0.1) is 0 Å². The Bertz CT molecular complexity index is 2300. The van der Waals surface area contributed by atoms with Crippen LogP contribution in [0.4, 0.5) is 0 Å². The van der Waals surface area contributed by atoms with E-state index in [9.17, 15) is 0 Å². The maximum Gasteiger partial charge on any atom is 0.0681 e. The zero-order valence-corrected chi connectivity index (χ0v) is 29.3. The van der Waals surface area contributed by atoms with Gasteiger partial charge in [-0.3, -0.25) is 14.9 Å². The Labute approximate surface area is 301 Å². The number of para-hydroxylation sites is 2. The summed E-state index contributed by atoms with van der Waals surface area (Å²) in [5.74, 6) is 0. The van der Waals surface area contributed by atoms with Crippen molar-refractivity contribution in [2.75, 3.05) is 13.1 Å². The maximum atomic E-state index is 6.34. The molecule has 0 saturated carbocycles. The van der Waals surface area contributed by atoms with E-state index in [1.54, 1.807) is 0 Å². The minimum atomic E-state index is 0.681. The molecule has 8 rings (SSSR count). The Kier molecular flexibility index (Phi) is 9.26. The molecule has 0 aliphatic rings. The first-order valence-electron chi connectivity index (χ1n) is 17.2. The van der Waals surface area contributed by atoms with Crippen LogP contribution >= 0.6 is 23.2 Å². The highest BCUT2D eigenvalue weighted by Gasteiger charge is 2.17. The molecule has 0 spiro atoms. The Balaban J connectivity index is 1.11. The second-order valence-corrected chi connectivity index (χ2v) is 13.9. The highest BCUT2D eigenvalue weighted by atomic mass is 35.5. The number of aromatic nitrogens is 4. The zero-order chi connectivity index (χ0) is 34.0. The quantitative estimate of drug-likeness (QED) is 0.129. The molecular weight excluding hydrogens is 659 g/mol. The lowest BCUT2D eigenvalue weighted by Crippen LogP contribution is -2.25. The molecule has 0 aliphatic carbocycles. The van der Waals surface area contributed by atoms with Crippen molar-refractivity contribution < 1.29 is 0 Å². The molecule has 0 bridgehead atoms. The molecular formula is C42H38Cl2N6. The molecule has 0 aliphatic heterocycles. The number of hydrogen-bond acceptors (Lipinski definition) is 4. The van der Waals surface area contributed by atoms with Gasteiger partial charge in [-0.15, -0.1) is 0 Å². The molecule has 0 atom stereocenters. The first-order valence-corrected chi connectivity index (χ1v) is 17.9. The third kappa shape index (κ3) is 6.60. The van der Waals surface area contributed by atoms with Gasteiger partial charge >= 0.3 is 0 Å². The average molecular weight is 698 g/mol. The molecule has 250 valence electrons. The topological polar surface area (TPSA) is 64.9 Å². The molecule has 2 N–H and O–H groups in total. The van der Waals surface area contributed by atoms with Gasteiger partial charge in [0, 0.05) is 68.8 Å². The first kappa shape index (κ1) is 32.5. The summed E-state index contributed by atoms with van der Waals surface area (Å²) in [6.45, 7) is 4.46. The van der Waals surface area contributed by atoms with Crippen LogP contribution in [0.5, 0.6) is 0 Å². The van der Waals surface area contributed by atoms with E-state index >= 15 is 0 Å². The van der Waals surface area contributed by atoms with Gasteiger partial charge in [-0.2, -0.15) is 0 Å². The van der Waals surface area contributed by atoms with Gasteiger partial charge in [0.2, 0.25) is 0 Å². The SMILES string of the molecule is NCCCCN(Cc1cc2c3ccccc3n(Cc3cccc(Cl)c3)c2cn1)Cc1cc2c3ccccc3n(Cc3cccc(Cl)c3)c2cn1. The van der Waals surface area contributed by atoms with Crippen LogP contribution in [0.15, 0.2) is 122 Å². The van der Waals surface area contributed by atoms with E-state index in [-0.39, 0.29) is 0 Å². The molecule has 4 aromatic carbocycles. The van der Waals surface area contributed by atoms with Crippen LogP contribution in [-0.4, -0.2) is 37.1 Å². The summed E-state index contributed by atoms with van der Waals surface area (Å²) in [6, 6.07) is 37.9. The number of pyridine rings is 2. The number of unbranched alkanes of at least 4 members (excludes halogenated alkanes) is 1. The lowest BCUT2D eigenvalue weighted by Gasteiger charge is -2.22. The molecule has 0 radical (unpaired) electrons. The van der Waals surface area contributed by atoms with Crippen molar-refractivity contribution in [1.82, 2.24) is 24.0 Å². The van der Waals surface area contributed by atoms with E-state index in [1.165, 1.54) is 32.6 Å². The van der Waals surface area contributed by atoms with E-state index in [1.807, 2.05) is 48.8 Å². The average Bonchev–Trinajstić information content (AvgIpc) is 3.60. The predicted molar refractivity (Wildman–Crippen MR) is 208 cm³/mol. The highest BCUT2D eigenvalue weighted by Crippen LogP contribution is 2.32. The van der Waals surface area contributed by atoms with Gasteiger partial charge in [-0.1, -0.05) is 83.9 Å². The van der Waals surface area contributed by atoms with E-state index in [0.717, 1.165) is 76.1 Å². The fourth-order valence-corrected chi connectivity index (χ4v) is 7.70. The number of hydrogen-bond donors (Lipinski definition) is 1. The van der Waals surface area contributed by atoms with E-state index in [2.05, 4.69) is 86.8 Å². The first-order chi connectivity index (χ1) is 24.5. The van der Waals surface area contributed by atoms with E-state index in [4.69, 9.17) is 38.9 Å². The zero-order valence-electron chi connectivity index (χ0n) is 27.8. The van der Waals surface area contributed by atoms with Gasteiger partial charge < -0.3 is 14.9 Å². The number of nitrogens with zero attached hydrogens (tertiary/aromatic N) is 5. The molecule has 0 fully saturated rings. The molecule has 8 heteroatoms. The van der Waals surface area contributed by atoms with E-state index in [0.29, 0.717) is 19.6 Å². The second kappa shape index (κ2) is 14.3. The van der Waals surface area contributed by atoms with Crippen molar-refractivity contribution >= 4 is 66.8 Å². The molecule has 8 aromatic rings.